The Labute approximate surface area is 98.8 Å². The van der Waals surface area contributed by atoms with Crippen LogP contribution in [0.2, 0.25) is 0 Å². The van der Waals surface area contributed by atoms with Crippen molar-refractivity contribution in [2.75, 3.05) is 5.75 Å². The highest BCUT2D eigenvalue weighted by Gasteiger charge is 2.23. The second kappa shape index (κ2) is 4.34. The average Bonchev–Trinajstić information content (AvgIpc) is 2.14. The van der Waals surface area contributed by atoms with Crippen LogP contribution in [-0.4, -0.2) is 14.2 Å². The molecule has 0 amide bonds. The lowest BCUT2D eigenvalue weighted by Crippen LogP contribution is -2.20. The Morgan fingerprint density at radius 1 is 1.38 bits per heavy atom. The number of benzene rings is 1. The van der Waals surface area contributed by atoms with E-state index in [1.165, 1.54) is 12.1 Å². The highest BCUT2D eigenvalue weighted by molar-refractivity contribution is 8.13. The van der Waals surface area contributed by atoms with Crippen molar-refractivity contribution in [3.63, 3.8) is 0 Å². The summed E-state index contributed by atoms with van der Waals surface area (Å²) < 4.78 is 35.0. The molecule has 1 atom stereocenters. The largest absolute Gasteiger partial charge is 0.232 e. The van der Waals surface area contributed by atoms with Crippen LogP contribution in [0, 0.1) is 11.7 Å². The van der Waals surface area contributed by atoms with Gasteiger partial charge >= 0.3 is 0 Å². The molecule has 0 bridgehead atoms. The molecule has 2 rings (SSSR count). The maximum absolute atomic E-state index is 13.0. The number of hydrogen-bond acceptors (Lipinski definition) is 2. The van der Waals surface area contributed by atoms with Gasteiger partial charge in [-0.3, -0.25) is 0 Å². The van der Waals surface area contributed by atoms with Crippen molar-refractivity contribution < 1.29 is 12.8 Å². The van der Waals surface area contributed by atoms with E-state index in [1.54, 1.807) is 6.07 Å². The number of hydrogen-bond donors (Lipinski definition) is 0. The molecular formula is C11H12ClFO2S. The van der Waals surface area contributed by atoms with Crippen LogP contribution >= 0.6 is 10.7 Å². The third kappa shape index (κ3) is 2.95. The van der Waals surface area contributed by atoms with E-state index in [2.05, 4.69) is 0 Å². The Morgan fingerprint density at radius 2 is 2.12 bits per heavy atom. The molecule has 0 saturated heterocycles. The quantitative estimate of drug-likeness (QED) is 0.768. The minimum Gasteiger partial charge on any atom is -0.212 e. The predicted molar refractivity (Wildman–Crippen MR) is 61.6 cm³/mol. The van der Waals surface area contributed by atoms with Crippen LogP contribution in [-0.2, 0) is 21.9 Å². The summed E-state index contributed by atoms with van der Waals surface area (Å²) in [4.78, 5) is 0. The molecule has 0 heterocycles. The van der Waals surface area contributed by atoms with Gasteiger partial charge in [0.05, 0.1) is 5.75 Å². The Hall–Kier alpha value is -0.610. The summed E-state index contributed by atoms with van der Waals surface area (Å²) in [5, 5.41) is 0. The fourth-order valence-corrected chi connectivity index (χ4v) is 3.61. The first-order valence-electron chi connectivity index (χ1n) is 5.14. The summed E-state index contributed by atoms with van der Waals surface area (Å²) in [7, 11) is 1.77. The van der Waals surface area contributed by atoms with E-state index in [-0.39, 0.29) is 17.5 Å². The summed E-state index contributed by atoms with van der Waals surface area (Å²) in [5.41, 5.74) is 2.03. The summed E-state index contributed by atoms with van der Waals surface area (Å²) in [6, 6.07) is 4.70. The number of aryl methyl sites for hydroxylation is 1. The molecule has 88 valence electrons. The molecule has 5 heteroatoms. The lowest BCUT2D eigenvalue weighted by atomic mass is 9.85. The second-order valence-corrected chi connectivity index (χ2v) is 7.05. The van der Waals surface area contributed by atoms with Crippen molar-refractivity contribution in [1.29, 1.82) is 0 Å². The standard InChI is InChI=1S/C11H12ClFO2S/c12-16(14,15)7-8-1-2-9-3-4-11(13)6-10(9)5-8/h3-4,6,8H,1-2,5,7H2. The fraction of sp³-hybridized carbons (Fsp3) is 0.455. The Balaban J connectivity index is 2.17. The molecule has 1 aliphatic carbocycles. The van der Waals surface area contributed by atoms with Gasteiger partial charge in [0.15, 0.2) is 0 Å². The average molecular weight is 263 g/mol. The zero-order valence-electron chi connectivity index (χ0n) is 8.62. The molecule has 1 aliphatic rings. The molecule has 0 aliphatic heterocycles. The summed E-state index contributed by atoms with van der Waals surface area (Å²) >= 11 is 0. The lowest BCUT2D eigenvalue weighted by Gasteiger charge is -2.23. The molecule has 0 aromatic heterocycles. The van der Waals surface area contributed by atoms with Gasteiger partial charge in [-0.1, -0.05) is 6.07 Å². The van der Waals surface area contributed by atoms with Crippen LogP contribution in [0.5, 0.6) is 0 Å². The van der Waals surface area contributed by atoms with E-state index in [9.17, 15) is 12.8 Å². The summed E-state index contributed by atoms with van der Waals surface area (Å²) in [6.07, 6.45) is 2.19. The highest BCUT2D eigenvalue weighted by atomic mass is 35.7. The SMILES string of the molecule is O=S(=O)(Cl)CC1CCc2ccc(F)cc2C1. The second-order valence-electron chi connectivity index (χ2n) is 4.23. The van der Waals surface area contributed by atoms with Crippen LogP contribution in [0.3, 0.4) is 0 Å². The zero-order chi connectivity index (χ0) is 11.8. The van der Waals surface area contributed by atoms with Crippen LogP contribution in [0.4, 0.5) is 4.39 Å². The van der Waals surface area contributed by atoms with Crippen molar-refractivity contribution in [2.45, 2.75) is 19.3 Å². The molecular weight excluding hydrogens is 251 g/mol. The van der Waals surface area contributed by atoms with E-state index in [4.69, 9.17) is 10.7 Å². The molecule has 0 fully saturated rings. The zero-order valence-corrected chi connectivity index (χ0v) is 10.2. The van der Waals surface area contributed by atoms with E-state index in [0.29, 0.717) is 6.42 Å². The van der Waals surface area contributed by atoms with Crippen molar-refractivity contribution in [2.24, 2.45) is 5.92 Å². The van der Waals surface area contributed by atoms with Crippen molar-refractivity contribution in [1.82, 2.24) is 0 Å². The smallest absolute Gasteiger partial charge is 0.212 e. The van der Waals surface area contributed by atoms with Crippen LogP contribution in [0.15, 0.2) is 18.2 Å². The van der Waals surface area contributed by atoms with Crippen molar-refractivity contribution in [3.8, 4) is 0 Å². The lowest BCUT2D eigenvalue weighted by molar-refractivity contribution is 0.492. The van der Waals surface area contributed by atoms with Gasteiger partial charge in [-0.05, 0) is 48.4 Å². The normalized spacial score (nSPS) is 20.5. The van der Waals surface area contributed by atoms with Crippen LogP contribution in [0.1, 0.15) is 17.5 Å². The van der Waals surface area contributed by atoms with Gasteiger partial charge in [0.25, 0.3) is 0 Å². The third-order valence-corrected chi connectivity index (χ3v) is 4.18. The molecule has 1 unspecified atom stereocenters. The Morgan fingerprint density at radius 3 is 2.81 bits per heavy atom. The van der Waals surface area contributed by atoms with Gasteiger partial charge in [0.2, 0.25) is 9.05 Å². The summed E-state index contributed by atoms with van der Waals surface area (Å²) in [6.45, 7) is 0. The minimum absolute atomic E-state index is 0.0109. The molecule has 0 radical (unpaired) electrons. The number of halogens is 2. The molecule has 1 aromatic rings. The first-order chi connectivity index (χ1) is 7.44. The number of rotatable bonds is 2. The minimum atomic E-state index is -3.46. The van der Waals surface area contributed by atoms with E-state index in [1.807, 2.05) is 0 Å². The summed E-state index contributed by atoms with van der Waals surface area (Å²) in [5.74, 6) is -0.283. The Bertz CT molecular complexity index is 499. The van der Waals surface area contributed by atoms with E-state index < -0.39 is 9.05 Å². The van der Waals surface area contributed by atoms with Gasteiger partial charge in [-0.2, -0.15) is 0 Å². The van der Waals surface area contributed by atoms with E-state index >= 15 is 0 Å². The fourth-order valence-electron chi connectivity index (χ4n) is 2.22. The molecule has 16 heavy (non-hydrogen) atoms. The monoisotopic (exact) mass is 262 g/mol. The molecule has 0 spiro atoms. The Kier molecular flexibility index (Phi) is 3.22. The van der Waals surface area contributed by atoms with Crippen LogP contribution in [0.25, 0.3) is 0 Å². The van der Waals surface area contributed by atoms with E-state index in [0.717, 1.165) is 24.0 Å². The topological polar surface area (TPSA) is 34.1 Å². The predicted octanol–water partition coefficient (Wildman–Crippen LogP) is 2.50. The van der Waals surface area contributed by atoms with Gasteiger partial charge < -0.3 is 0 Å². The van der Waals surface area contributed by atoms with Crippen molar-refractivity contribution in [3.05, 3.63) is 35.1 Å². The van der Waals surface area contributed by atoms with Gasteiger partial charge in [0.1, 0.15) is 5.82 Å². The maximum atomic E-state index is 13.0. The van der Waals surface area contributed by atoms with Gasteiger partial charge in [-0.25, -0.2) is 12.8 Å². The van der Waals surface area contributed by atoms with Gasteiger partial charge in [-0.15, -0.1) is 0 Å². The third-order valence-electron chi connectivity index (χ3n) is 2.93. The first-order valence-corrected chi connectivity index (χ1v) is 7.61. The van der Waals surface area contributed by atoms with Gasteiger partial charge in [0, 0.05) is 10.7 Å². The highest BCUT2D eigenvalue weighted by Crippen LogP contribution is 2.27. The van der Waals surface area contributed by atoms with Crippen molar-refractivity contribution >= 4 is 19.7 Å². The molecule has 2 nitrogen and oxygen atoms in total. The number of fused-ring (bicyclic) bond motifs is 1. The maximum Gasteiger partial charge on any atom is 0.232 e. The molecule has 1 aromatic carbocycles. The molecule has 0 N–H and O–H groups in total. The van der Waals surface area contributed by atoms with Crippen LogP contribution < -0.4 is 0 Å². The first kappa shape index (κ1) is 11.9. The molecule has 0 saturated carbocycles.